The van der Waals surface area contributed by atoms with Crippen molar-refractivity contribution in [2.45, 2.75) is 130 Å². The highest BCUT2D eigenvalue weighted by atomic mass is 31.2. The molecule has 1 N–H and O–H groups in total. The van der Waals surface area contributed by atoms with Gasteiger partial charge in [0.15, 0.2) is 0 Å². The SMILES string of the molecule is [2H]C[C@H]1O[C@@H](n2cc(C)c(=O)[nH]c2=O)CC1OC(=O)CCC(=O)CCCCCCCOP(C)N(C(C)C)C(C)C. The summed E-state index contributed by atoms with van der Waals surface area (Å²) in [6.45, 7) is 13.1. The van der Waals surface area contributed by atoms with E-state index in [-0.39, 0.29) is 31.9 Å². The van der Waals surface area contributed by atoms with Crippen LogP contribution in [0, 0.1) is 6.92 Å². The molecule has 0 radical (unpaired) electrons. The molecule has 1 aliphatic heterocycles. The number of ether oxygens (including phenoxy) is 2. The van der Waals surface area contributed by atoms with E-state index in [1.807, 2.05) is 0 Å². The smallest absolute Gasteiger partial charge is 0.330 e. The summed E-state index contributed by atoms with van der Waals surface area (Å²) >= 11 is 0. The van der Waals surface area contributed by atoms with Gasteiger partial charge in [-0.1, -0.05) is 19.3 Å². The Hall–Kier alpha value is -1.87. The maximum absolute atomic E-state index is 12.4. The van der Waals surface area contributed by atoms with Crippen molar-refractivity contribution < 1.29 is 25.0 Å². The van der Waals surface area contributed by atoms with Gasteiger partial charge in [-0.25, -0.2) is 4.79 Å². The van der Waals surface area contributed by atoms with E-state index in [1.165, 1.54) is 10.8 Å². The van der Waals surface area contributed by atoms with E-state index in [9.17, 15) is 19.2 Å². The molecule has 4 atom stereocenters. The lowest BCUT2D eigenvalue weighted by Crippen LogP contribution is -2.33. The van der Waals surface area contributed by atoms with E-state index in [0.29, 0.717) is 24.1 Å². The first-order valence-corrected chi connectivity index (χ1v) is 15.7. The van der Waals surface area contributed by atoms with Gasteiger partial charge in [-0.05, 0) is 61.0 Å². The number of esters is 1. The van der Waals surface area contributed by atoms with E-state index >= 15 is 0 Å². The standard InChI is InChI=1S/C28H48N3O7P/c1-19(2)31(20(3)4)39(7)36-16-12-10-8-9-11-13-23(32)14-15-26(33)38-24-17-25(37-22(24)6)30-18-21(5)27(34)29-28(30)35/h18-20,22,24-25H,8-17H2,1-7H3,(H,29,34,35)/t22-,24?,25-,39?/m1/s1/i6D. The van der Waals surface area contributed by atoms with Gasteiger partial charge in [0.05, 0.1) is 19.1 Å². The van der Waals surface area contributed by atoms with E-state index in [0.717, 1.165) is 38.7 Å². The second kappa shape index (κ2) is 16.4. The average molecular weight is 571 g/mol. The number of rotatable bonds is 17. The van der Waals surface area contributed by atoms with Crippen molar-refractivity contribution in [2.75, 3.05) is 13.3 Å². The molecule has 0 amide bonds. The Balaban J connectivity index is 1.61. The maximum Gasteiger partial charge on any atom is 0.330 e. The Labute approximate surface area is 235 Å². The van der Waals surface area contributed by atoms with Crippen LogP contribution in [0.25, 0.3) is 0 Å². The number of aryl methyl sites for hydroxylation is 1. The van der Waals surface area contributed by atoms with Crippen molar-refractivity contribution >= 4 is 20.1 Å². The number of carbonyl (C=O) groups is 2. The highest BCUT2D eigenvalue weighted by molar-refractivity contribution is 7.49. The molecule has 2 unspecified atom stereocenters. The van der Waals surface area contributed by atoms with Crippen LogP contribution in [-0.2, 0) is 23.6 Å². The summed E-state index contributed by atoms with van der Waals surface area (Å²) in [7, 11) is -0.585. The Morgan fingerprint density at radius 3 is 2.46 bits per heavy atom. The fourth-order valence-electron chi connectivity index (χ4n) is 4.86. The van der Waals surface area contributed by atoms with Crippen LogP contribution in [0.15, 0.2) is 15.8 Å². The third kappa shape index (κ3) is 10.9. The average Bonchev–Trinajstić information content (AvgIpc) is 3.28. The monoisotopic (exact) mass is 570 g/mol. The first kappa shape index (κ1) is 31.7. The number of hydrogen-bond donors (Lipinski definition) is 1. The molecule has 2 rings (SSSR count). The number of nitrogens with zero attached hydrogens (tertiary/aromatic N) is 2. The molecule has 1 fully saturated rings. The summed E-state index contributed by atoms with van der Waals surface area (Å²) in [6, 6.07) is 0.926. The third-order valence-corrected chi connectivity index (χ3v) is 8.92. The molecule has 11 heteroatoms. The van der Waals surface area contributed by atoms with E-state index < -0.39 is 44.0 Å². The molecule has 39 heavy (non-hydrogen) atoms. The molecule has 1 aliphatic rings. The van der Waals surface area contributed by atoms with Crippen molar-refractivity contribution in [3.05, 3.63) is 32.6 Å². The van der Waals surface area contributed by atoms with Gasteiger partial charge in [-0.15, -0.1) is 0 Å². The Morgan fingerprint density at radius 1 is 1.13 bits per heavy atom. The minimum Gasteiger partial charge on any atom is -0.459 e. The van der Waals surface area contributed by atoms with E-state index in [4.69, 9.17) is 15.4 Å². The Bertz CT molecular complexity index is 1050. The lowest BCUT2D eigenvalue weighted by molar-refractivity contribution is -0.152. The summed E-state index contributed by atoms with van der Waals surface area (Å²) in [5.74, 6) is -0.484. The van der Waals surface area contributed by atoms with Crippen molar-refractivity contribution in [1.29, 1.82) is 0 Å². The number of nitrogens with one attached hydrogen (secondary N) is 1. The van der Waals surface area contributed by atoms with Crippen molar-refractivity contribution in [3.8, 4) is 0 Å². The van der Waals surface area contributed by atoms with Gasteiger partial charge in [-0.3, -0.25) is 28.6 Å². The summed E-state index contributed by atoms with van der Waals surface area (Å²) in [4.78, 5) is 50.7. The fourth-order valence-corrected chi connectivity index (χ4v) is 6.69. The lowest BCUT2D eigenvalue weighted by Gasteiger charge is -2.35. The predicted octanol–water partition coefficient (Wildman–Crippen LogP) is 4.83. The van der Waals surface area contributed by atoms with Gasteiger partial charge in [0.2, 0.25) is 0 Å². The van der Waals surface area contributed by atoms with Crippen molar-refractivity contribution in [3.63, 3.8) is 0 Å². The fraction of sp³-hybridized carbons (Fsp3) is 0.786. The number of aromatic amines is 1. The van der Waals surface area contributed by atoms with Crippen LogP contribution in [0.3, 0.4) is 0 Å². The number of aromatic nitrogens is 2. The van der Waals surface area contributed by atoms with Gasteiger partial charge in [0, 0.05) is 44.5 Å². The van der Waals surface area contributed by atoms with Gasteiger partial charge >= 0.3 is 11.7 Å². The van der Waals surface area contributed by atoms with Gasteiger partial charge < -0.3 is 14.0 Å². The van der Waals surface area contributed by atoms with Crippen LogP contribution < -0.4 is 11.2 Å². The molecule has 2 heterocycles. The number of ketones is 1. The van der Waals surface area contributed by atoms with E-state index in [1.54, 1.807) is 6.92 Å². The van der Waals surface area contributed by atoms with Gasteiger partial charge in [0.1, 0.15) is 26.4 Å². The third-order valence-electron chi connectivity index (χ3n) is 6.79. The molecule has 0 saturated carbocycles. The van der Waals surface area contributed by atoms with Crippen LogP contribution in [0.5, 0.6) is 0 Å². The lowest BCUT2D eigenvalue weighted by atomic mass is 10.1. The van der Waals surface area contributed by atoms with Crippen LogP contribution in [0.4, 0.5) is 0 Å². The maximum atomic E-state index is 12.4. The second-order valence-corrected chi connectivity index (χ2v) is 12.4. The molecule has 0 bridgehead atoms. The number of unbranched alkanes of at least 4 members (excludes halogenated alkanes) is 4. The molecule has 0 aromatic carbocycles. The van der Waals surface area contributed by atoms with Gasteiger partial charge in [-0.2, -0.15) is 0 Å². The molecule has 10 nitrogen and oxygen atoms in total. The van der Waals surface area contributed by atoms with Crippen molar-refractivity contribution in [2.24, 2.45) is 0 Å². The van der Waals surface area contributed by atoms with Crippen LogP contribution in [-0.4, -0.2) is 63.5 Å². The Morgan fingerprint density at radius 2 is 1.79 bits per heavy atom. The van der Waals surface area contributed by atoms with Crippen LogP contribution in [0.1, 0.15) is 106 Å². The molecule has 1 aromatic rings. The van der Waals surface area contributed by atoms with Crippen molar-refractivity contribution in [1.82, 2.24) is 14.2 Å². The van der Waals surface area contributed by atoms with Crippen LogP contribution >= 0.6 is 8.30 Å². The van der Waals surface area contributed by atoms with E-state index in [2.05, 4.69) is 44.0 Å². The first-order chi connectivity index (χ1) is 18.9. The Kier molecular flexibility index (Phi) is 13.3. The summed E-state index contributed by atoms with van der Waals surface area (Å²) in [5.41, 5.74) is -0.742. The molecule has 1 aromatic heterocycles. The predicted molar refractivity (Wildman–Crippen MR) is 153 cm³/mol. The molecular weight excluding hydrogens is 521 g/mol. The zero-order chi connectivity index (χ0) is 29.8. The molecule has 1 saturated heterocycles. The zero-order valence-electron chi connectivity index (χ0n) is 25.4. The second-order valence-electron chi connectivity index (χ2n) is 10.8. The highest BCUT2D eigenvalue weighted by Crippen LogP contribution is 2.41. The van der Waals surface area contributed by atoms with Gasteiger partial charge in [0.25, 0.3) is 5.56 Å². The minimum absolute atomic E-state index is 0.0243. The normalized spacial score (nSPS) is 20.5. The largest absolute Gasteiger partial charge is 0.459 e. The number of Topliss-reactive ketones (excluding diaryl/α,β-unsaturated/α-hetero) is 1. The summed E-state index contributed by atoms with van der Waals surface area (Å²) < 4.78 is 28.7. The quantitative estimate of drug-likeness (QED) is 0.161. The highest BCUT2D eigenvalue weighted by Gasteiger charge is 2.36. The molecule has 222 valence electrons. The number of carbonyl (C=O) groups excluding carboxylic acids is 2. The molecule has 0 aliphatic carbocycles. The summed E-state index contributed by atoms with van der Waals surface area (Å²) in [5, 5.41) is 0. The minimum atomic E-state index is -0.747. The first-order valence-electron chi connectivity index (χ1n) is 14.8. The topological polar surface area (TPSA) is 120 Å². The molecule has 0 spiro atoms. The summed E-state index contributed by atoms with van der Waals surface area (Å²) in [6.07, 6.45) is 4.90. The van der Waals surface area contributed by atoms with Crippen LogP contribution in [0.2, 0.25) is 0 Å². The number of H-pyrrole nitrogens is 1. The molecular formula is C28H48N3O7P. The number of hydrogen-bond acceptors (Lipinski definition) is 8. The zero-order valence-corrected chi connectivity index (χ0v) is 25.3.